The summed E-state index contributed by atoms with van der Waals surface area (Å²) in [6, 6.07) is 0. The van der Waals surface area contributed by atoms with E-state index in [9.17, 15) is 8.42 Å². The number of allylic oxidation sites excluding steroid dienone is 1. The fourth-order valence-electron chi connectivity index (χ4n) is 0.362. The third kappa shape index (κ3) is 3.54. The van der Waals surface area contributed by atoms with Crippen LogP contribution in [0.3, 0.4) is 0 Å². The largest absolute Gasteiger partial charge is 0.473 e. The summed E-state index contributed by atoms with van der Waals surface area (Å²) in [5, 5.41) is 0. The zero-order chi connectivity index (χ0) is 9.94. The monoisotopic (exact) mass is 192 g/mol. The van der Waals surface area contributed by atoms with Crippen LogP contribution in [0, 0.1) is 0 Å². The smallest absolute Gasteiger partial charge is 0.303 e. The predicted molar refractivity (Wildman–Crippen MR) is 46.0 cm³/mol. The van der Waals surface area contributed by atoms with Gasteiger partial charge in [0, 0.05) is 0 Å². The van der Waals surface area contributed by atoms with Crippen LogP contribution in [-0.4, -0.2) is 18.4 Å². The summed E-state index contributed by atoms with van der Waals surface area (Å²) < 4.78 is 34.1. The van der Waals surface area contributed by atoms with Crippen molar-refractivity contribution in [3.63, 3.8) is 0 Å². The van der Waals surface area contributed by atoms with E-state index in [1.54, 1.807) is 6.92 Å². The third-order valence-electron chi connectivity index (χ3n) is 1.20. The van der Waals surface area contributed by atoms with E-state index in [4.69, 9.17) is 9.29 Å². The van der Waals surface area contributed by atoms with E-state index in [1.807, 2.05) is 0 Å². The third-order valence-corrected chi connectivity index (χ3v) is 2.14. The Balaban J connectivity index is 4.31. The molecule has 1 unspecified atom stereocenters. The van der Waals surface area contributed by atoms with E-state index in [-0.39, 0.29) is 5.76 Å². The normalized spacial score (nSPS) is 13.6. The Labute approximate surface area is 72.3 Å². The number of hydrogen-bond donors (Lipinski definition) is 1. The lowest BCUT2D eigenvalue weighted by Crippen LogP contribution is -2.19. The maximum Gasteiger partial charge on any atom is 0.303 e. The summed E-state index contributed by atoms with van der Waals surface area (Å²) >= 11 is 0. The van der Waals surface area contributed by atoms with Gasteiger partial charge in [0.1, 0.15) is 5.76 Å². The van der Waals surface area contributed by atoms with Crippen LogP contribution >= 0.6 is 0 Å². The van der Waals surface area contributed by atoms with Crippen molar-refractivity contribution in [2.75, 3.05) is 0 Å². The van der Waals surface area contributed by atoms with Crippen LogP contribution in [0.5, 0.6) is 0 Å². The van der Waals surface area contributed by atoms with Crippen molar-refractivity contribution >= 4 is 10.1 Å². The molecule has 12 heavy (non-hydrogen) atoms. The fraction of sp³-hybridized carbons (Fsp3) is 0.429. The molecule has 0 aliphatic heterocycles. The first-order valence-electron chi connectivity index (χ1n) is 3.23. The van der Waals surface area contributed by atoms with Gasteiger partial charge in [-0.1, -0.05) is 13.2 Å². The molecule has 0 amide bonds. The van der Waals surface area contributed by atoms with E-state index in [1.165, 1.54) is 6.92 Å². The Bertz CT molecular complexity index is 289. The lowest BCUT2D eigenvalue weighted by molar-refractivity contribution is 0.190. The molecule has 0 saturated heterocycles. The van der Waals surface area contributed by atoms with E-state index in [0.29, 0.717) is 5.57 Å². The van der Waals surface area contributed by atoms with Crippen LogP contribution in [-0.2, 0) is 14.9 Å². The Hall–Kier alpha value is -0.810. The maximum absolute atomic E-state index is 10.4. The molecule has 0 aromatic heterocycles. The van der Waals surface area contributed by atoms with Crippen molar-refractivity contribution in [3.8, 4) is 0 Å². The molecule has 0 heterocycles. The second kappa shape index (κ2) is 3.73. The Morgan fingerprint density at radius 3 is 2.17 bits per heavy atom. The molecule has 0 bridgehead atoms. The summed E-state index contributed by atoms with van der Waals surface area (Å²) in [4.78, 5) is 0. The molecule has 0 aromatic rings. The van der Waals surface area contributed by atoms with Gasteiger partial charge in [-0.05, 0) is 19.4 Å². The number of ether oxygens (including phenoxy) is 1. The van der Waals surface area contributed by atoms with Gasteiger partial charge in [0.25, 0.3) is 0 Å². The highest BCUT2D eigenvalue weighted by Crippen LogP contribution is 2.11. The zero-order valence-corrected chi connectivity index (χ0v) is 7.89. The van der Waals surface area contributed by atoms with Crippen LogP contribution in [0.4, 0.5) is 0 Å². The minimum absolute atomic E-state index is 0.153. The van der Waals surface area contributed by atoms with Crippen molar-refractivity contribution in [2.24, 2.45) is 0 Å². The predicted octanol–water partition coefficient (Wildman–Crippen LogP) is 1.33. The summed E-state index contributed by atoms with van der Waals surface area (Å²) in [6.07, 6.45) is 0. The summed E-state index contributed by atoms with van der Waals surface area (Å²) in [5.74, 6) is 0.153. The van der Waals surface area contributed by atoms with Gasteiger partial charge in [-0.2, -0.15) is 8.42 Å². The van der Waals surface area contributed by atoms with Crippen LogP contribution in [0.25, 0.3) is 0 Å². The van der Waals surface area contributed by atoms with Gasteiger partial charge in [0.15, 0.2) is 0 Å². The molecule has 0 saturated carbocycles. The molecule has 0 fully saturated rings. The van der Waals surface area contributed by atoms with Crippen molar-refractivity contribution in [1.29, 1.82) is 0 Å². The topological polar surface area (TPSA) is 63.6 Å². The van der Waals surface area contributed by atoms with Crippen molar-refractivity contribution < 1.29 is 17.7 Å². The van der Waals surface area contributed by atoms with Crippen LogP contribution in [0.2, 0.25) is 0 Å². The molecule has 5 heteroatoms. The second-order valence-corrected chi connectivity index (χ2v) is 4.10. The lowest BCUT2D eigenvalue weighted by atomic mass is 10.3. The molecule has 0 spiro atoms. The van der Waals surface area contributed by atoms with Gasteiger partial charge in [-0.25, -0.2) is 0 Å². The van der Waals surface area contributed by atoms with Crippen LogP contribution in [0.15, 0.2) is 24.5 Å². The molecule has 1 N–H and O–H groups in total. The van der Waals surface area contributed by atoms with Gasteiger partial charge in [-0.3, -0.25) is 4.55 Å². The minimum atomic E-state index is -4.16. The fourth-order valence-corrected chi connectivity index (χ4v) is 0.599. The van der Waals surface area contributed by atoms with Gasteiger partial charge in [0.05, 0.1) is 0 Å². The van der Waals surface area contributed by atoms with Gasteiger partial charge in [0.2, 0.25) is 5.44 Å². The first-order chi connectivity index (χ1) is 5.25. The average molecular weight is 192 g/mol. The van der Waals surface area contributed by atoms with E-state index >= 15 is 0 Å². The molecule has 1 atom stereocenters. The molecule has 0 radical (unpaired) electrons. The highest BCUT2D eigenvalue weighted by atomic mass is 32.2. The SMILES string of the molecule is C=C(C)C(=C)OC(C)S(=O)(=O)O. The van der Waals surface area contributed by atoms with Crippen LogP contribution < -0.4 is 0 Å². The molecule has 0 aromatic carbocycles. The zero-order valence-electron chi connectivity index (χ0n) is 7.07. The molecule has 0 rings (SSSR count). The van der Waals surface area contributed by atoms with Crippen molar-refractivity contribution in [2.45, 2.75) is 19.3 Å². The van der Waals surface area contributed by atoms with Crippen LogP contribution in [0.1, 0.15) is 13.8 Å². The molecule has 0 aliphatic rings. The maximum atomic E-state index is 10.4. The standard InChI is InChI=1S/C7H12O4S/c1-5(2)6(3)11-7(4)12(8,9)10/h7H,1,3H2,2,4H3,(H,8,9,10). The van der Waals surface area contributed by atoms with Gasteiger partial charge in [-0.15, -0.1) is 0 Å². The summed E-state index contributed by atoms with van der Waals surface area (Å²) in [5.41, 5.74) is -0.785. The molecule has 4 nitrogen and oxygen atoms in total. The van der Waals surface area contributed by atoms with Gasteiger partial charge >= 0.3 is 10.1 Å². The second-order valence-electron chi connectivity index (χ2n) is 2.40. The Kier molecular flexibility index (Phi) is 3.48. The van der Waals surface area contributed by atoms with Crippen molar-refractivity contribution in [1.82, 2.24) is 0 Å². The minimum Gasteiger partial charge on any atom is -0.473 e. The highest BCUT2D eigenvalue weighted by Gasteiger charge is 2.19. The van der Waals surface area contributed by atoms with Crippen molar-refractivity contribution in [3.05, 3.63) is 24.5 Å². The molecular weight excluding hydrogens is 180 g/mol. The van der Waals surface area contributed by atoms with E-state index in [2.05, 4.69) is 13.2 Å². The molecule has 0 aliphatic carbocycles. The summed E-state index contributed by atoms with van der Waals surface area (Å²) in [7, 11) is -4.16. The number of hydrogen-bond acceptors (Lipinski definition) is 3. The average Bonchev–Trinajstić information content (AvgIpc) is 1.85. The quantitative estimate of drug-likeness (QED) is 0.414. The van der Waals surface area contributed by atoms with E-state index < -0.39 is 15.6 Å². The molecule has 70 valence electrons. The highest BCUT2D eigenvalue weighted by molar-refractivity contribution is 7.86. The Morgan fingerprint density at radius 2 is 1.92 bits per heavy atom. The Morgan fingerprint density at radius 1 is 1.50 bits per heavy atom. The number of rotatable bonds is 4. The summed E-state index contributed by atoms with van der Waals surface area (Å²) in [6.45, 7) is 9.74. The first kappa shape index (κ1) is 11.2. The lowest BCUT2D eigenvalue weighted by Gasteiger charge is -2.13. The van der Waals surface area contributed by atoms with Gasteiger partial charge < -0.3 is 4.74 Å². The molecular formula is C7H12O4S. The van der Waals surface area contributed by atoms with E-state index in [0.717, 1.165) is 0 Å². The first-order valence-corrected chi connectivity index (χ1v) is 4.73.